The molecule has 10 nitrogen and oxygen atoms in total. The van der Waals surface area contributed by atoms with Gasteiger partial charge in [-0.2, -0.15) is 4.98 Å². The third-order valence-corrected chi connectivity index (χ3v) is 5.44. The largest absolute Gasteiger partial charge is 0.445 e. The van der Waals surface area contributed by atoms with E-state index in [4.69, 9.17) is 9.15 Å². The highest BCUT2D eigenvalue weighted by Crippen LogP contribution is 2.40. The van der Waals surface area contributed by atoms with E-state index in [1.165, 1.54) is 6.26 Å². The first-order valence-corrected chi connectivity index (χ1v) is 10.0. The molecule has 1 saturated heterocycles. The molecule has 0 spiro atoms. The summed E-state index contributed by atoms with van der Waals surface area (Å²) in [6, 6.07) is 3.58. The van der Waals surface area contributed by atoms with Crippen LogP contribution in [0.15, 0.2) is 22.8 Å². The van der Waals surface area contributed by atoms with Gasteiger partial charge in [-0.05, 0) is 38.8 Å². The average molecular weight is 409 g/mol. The van der Waals surface area contributed by atoms with Crippen LogP contribution in [-0.2, 0) is 4.74 Å². The number of nitrogens with one attached hydrogen (secondary N) is 2. The van der Waals surface area contributed by atoms with Crippen molar-refractivity contribution in [3.8, 4) is 0 Å². The van der Waals surface area contributed by atoms with Crippen molar-refractivity contribution in [1.82, 2.24) is 20.2 Å². The Morgan fingerprint density at radius 1 is 1.17 bits per heavy atom. The van der Waals surface area contributed by atoms with Crippen molar-refractivity contribution < 1.29 is 13.9 Å². The zero-order valence-electron chi connectivity index (χ0n) is 16.9. The number of carbonyl (C=O) groups excluding carboxylic acids is 1. The Kier molecular flexibility index (Phi) is 4.50. The third-order valence-electron chi connectivity index (χ3n) is 5.44. The summed E-state index contributed by atoms with van der Waals surface area (Å²) in [6.07, 6.45) is 3.52. The molecule has 0 radical (unpaired) electrons. The summed E-state index contributed by atoms with van der Waals surface area (Å²) >= 11 is 0. The van der Waals surface area contributed by atoms with Gasteiger partial charge in [0.15, 0.2) is 11.6 Å². The Bertz CT molecular complexity index is 1090. The zero-order chi connectivity index (χ0) is 20.7. The van der Waals surface area contributed by atoms with Crippen LogP contribution in [0.5, 0.6) is 0 Å². The standard InChI is InChI=1S/C20H23N7O3/c1-12-21-17(24-20(2)5-6-20)16-13(11-30-19(16)22-12)18(28)23-14-3-4-15(26-25-14)27-7-9-29-10-8-27/h3-4,11H,5-10H2,1-2H3,(H,21,22,24)(H,23,25,28). The molecule has 156 valence electrons. The second-order valence-electron chi connectivity index (χ2n) is 7.96. The Balaban J connectivity index is 1.38. The molecule has 0 unspecified atom stereocenters. The van der Waals surface area contributed by atoms with Crippen LogP contribution in [0.3, 0.4) is 0 Å². The normalized spacial score (nSPS) is 17.7. The number of aromatic nitrogens is 4. The third kappa shape index (κ3) is 3.65. The van der Waals surface area contributed by atoms with Gasteiger partial charge in [0.25, 0.3) is 5.91 Å². The summed E-state index contributed by atoms with van der Waals surface area (Å²) in [6.45, 7) is 6.82. The molecule has 30 heavy (non-hydrogen) atoms. The molecule has 1 saturated carbocycles. The molecule has 1 amide bonds. The van der Waals surface area contributed by atoms with Crippen molar-refractivity contribution in [3.63, 3.8) is 0 Å². The van der Waals surface area contributed by atoms with Gasteiger partial charge < -0.3 is 24.7 Å². The van der Waals surface area contributed by atoms with Gasteiger partial charge in [-0.3, -0.25) is 4.79 Å². The number of anilines is 3. The summed E-state index contributed by atoms with van der Waals surface area (Å²) in [7, 11) is 0. The van der Waals surface area contributed by atoms with Crippen molar-refractivity contribution in [2.75, 3.05) is 41.8 Å². The van der Waals surface area contributed by atoms with Gasteiger partial charge in [0, 0.05) is 18.6 Å². The van der Waals surface area contributed by atoms with E-state index < -0.39 is 0 Å². The smallest absolute Gasteiger partial charge is 0.260 e. The van der Waals surface area contributed by atoms with Crippen molar-refractivity contribution in [1.29, 1.82) is 0 Å². The first-order chi connectivity index (χ1) is 14.5. The predicted molar refractivity (Wildman–Crippen MR) is 111 cm³/mol. The fraction of sp³-hybridized carbons (Fsp3) is 0.450. The molecule has 0 aromatic carbocycles. The Labute approximate surface area is 173 Å². The number of furan rings is 1. The van der Waals surface area contributed by atoms with Crippen LogP contribution in [0.4, 0.5) is 17.5 Å². The lowest BCUT2D eigenvalue weighted by Crippen LogP contribution is -2.36. The minimum absolute atomic E-state index is 0.000458. The highest BCUT2D eigenvalue weighted by molar-refractivity contribution is 6.14. The number of hydrogen-bond donors (Lipinski definition) is 2. The van der Waals surface area contributed by atoms with Crippen LogP contribution in [0.25, 0.3) is 11.1 Å². The minimum Gasteiger partial charge on any atom is -0.445 e. The fourth-order valence-electron chi connectivity index (χ4n) is 3.44. The summed E-state index contributed by atoms with van der Waals surface area (Å²) in [5, 5.41) is 15.2. The summed E-state index contributed by atoms with van der Waals surface area (Å²) < 4.78 is 10.9. The summed E-state index contributed by atoms with van der Waals surface area (Å²) in [5.41, 5.74) is 0.739. The molecular formula is C20H23N7O3. The Hall–Kier alpha value is -3.27. The van der Waals surface area contributed by atoms with Crippen molar-refractivity contribution >= 4 is 34.5 Å². The number of nitrogens with zero attached hydrogens (tertiary/aromatic N) is 5. The molecule has 2 N–H and O–H groups in total. The Morgan fingerprint density at radius 3 is 2.67 bits per heavy atom. The van der Waals surface area contributed by atoms with Crippen molar-refractivity contribution in [3.05, 3.63) is 29.8 Å². The van der Waals surface area contributed by atoms with Gasteiger partial charge in [0.05, 0.1) is 24.2 Å². The summed E-state index contributed by atoms with van der Waals surface area (Å²) in [4.78, 5) is 23.9. The highest BCUT2D eigenvalue weighted by atomic mass is 16.5. The SMILES string of the molecule is Cc1nc(NC2(C)CC2)c2c(C(=O)Nc3ccc(N4CCOCC4)nn3)coc2n1. The quantitative estimate of drug-likeness (QED) is 0.654. The summed E-state index contributed by atoms with van der Waals surface area (Å²) in [5.74, 6) is 1.98. The van der Waals surface area contributed by atoms with Gasteiger partial charge in [-0.15, -0.1) is 10.2 Å². The topological polar surface area (TPSA) is 118 Å². The molecule has 3 aromatic heterocycles. The van der Waals surface area contributed by atoms with Gasteiger partial charge in [-0.25, -0.2) is 4.98 Å². The van der Waals surface area contributed by atoms with Crippen LogP contribution in [0.2, 0.25) is 0 Å². The number of fused-ring (bicyclic) bond motifs is 1. The van der Waals surface area contributed by atoms with E-state index in [0.717, 1.165) is 31.7 Å². The monoisotopic (exact) mass is 409 g/mol. The van der Waals surface area contributed by atoms with E-state index in [9.17, 15) is 4.79 Å². The lowest BCUT2D eigenvalue weighted by atomic mass is 10.2. The lowest BCUT2D eigenvalue weighted by molar-refractivity contribution is 0.102. The van der Waals surface area contributed by atoms with Crippen LogP contribution in [0, 0.1) is 6.92 Å². The van der Waals surface area contributed by atoms with Gasteiger partial charge in [0.1, 0.15) is 17.9 Å². The minimum atomic E-state index is -0.348. The lowest BCUT2D eigenvalue weighted by Gasteiger charge is -2.27. The first-order valence-electron chi connectivity index (χ1n) is 10.0. The second-order valence-corrected chi connectivity index (χ2v) is 7.96. The molecule has 2 fully saturated rings. The predicted octanol–water partition coefficient (Wildman–Crippen LogP) is 2.37. The number of carbonyl (C=O) groups is 1. The highest BCUT2D eigenvalue weighted by Gasteiger charge is 2.38. The maximum absolute atomic E-state index is 12.9. The van der Waals surface area contributed by atoms with Crippen LogP contribution >= 0.6 is 0 Å². The van der Waals surface area contributed by atoms with E-state index in [-0.39, 0.29) is 11.4 Å². The number of aryl methyl sites for hydroxylation is 1. The number of rotatable bonds is 5. The molecule has 1 aliphatic carbocycles. The number of ether oxygens (including phenoxy) is 1. The molecular weight excluding hydrogens is 386 g/mol. The maximum atomic E-state index is 12.9. The van der Waals surface area contributed by atoms with Crippen LogP contribution < -0.4 is 15.5 Å². The van der Waals surface area contributed by atoms with E-state index >= 15 is 0 Å². The molecule has 4 heterocycles. The van der Waals surface area contributed by atoms with E-state index in [1.807, 2.05) is 6.07 Å². The number of hydrogen-bond acceptors (Lipinski definition) is 9. The fourth-order valence-corrected chi connectivity index (χ4v) is 3.44. The van der Waals surface area contributed by atoms with Crippen molar-refractivity contribution in [2.45, 2.75) is 32.2 Å². The van der Waals surface area contributed by atoms with Gasteiger partial charge in [0.2, 0.25) is 5.71 Å². The second kappa shape index (κ2) is 7.21. The number of amides is 1. The van der Waals surface area contributed by atoms with Crippen LogP contribution in [-0.4, -0.2) is 57.9 Å². The molecule has 3 aromatic rings. The van der Waals surface area contributed by atoms with Crippen LogP contribution in [0.1, 0.15) is 35.9 Å². The molecule has 5 rings (SSSR count). The first kappa shape index (κ1) is 18.7. The van der Waals surface area contributed by atoms with Gasteiger partial charge in [-0.1, -0.05) is 0 Å². The van der Waals surface area contributed by atoms with Crippen molar-refractivity contribution in [2.24, 2.45) is 0 Å². The van der Waals surface area contributed by atoms with E-state index in [2.05, 4.69) is 42.6 Å². The molecule has 0 bridgehead atoms. The van der Waals surface area contributed by atoms with E-state index in [0.29, 0.717) is 47.3 Å². The Morgan fingerprint density at radius 2 is 1.97 bits per heavy atom. The molecule has 2 aliphatic rings. The zero-order valence-corrected chi connectivity index (χ0v) is 16.9. The average Bonchev–Trinajstić information content (AvgIpc) is 3.31. The molecule has 1 aliphatic heterocycles. The van der Waals surface area contributed by atoms with E-state index in [1.54, 1.807) is 13.0 Å². The maximum Gasteiger partial charge on any atom is 0.260 e. The molecule has 0 atom stereocenters. The van der Waals surface area contributed by atoms with Gasteiger partial charge >= 0.3 is 0 Å². The molecule has 10 heteroatoms. The number of morpholine rings is 1.